The van der Waals surface area contributed by atoms with Gasteiger partial charge >= 0.3 is 0 Å². The number of amides is 2. The van der Waals surface area contributed by atoms with Crippen molar-refractivity contribution < 1.29 is 27.8 Å². The second-order valence-electron chi connectivity index (χ2n) is 10.3. The minimum Gasteiger partial charge on any atom is -0.497 e. The van der Waals surface area contributed by atoms with E-state index in [1.807, 2.05) is 36.4 Å². The van der Waals surface area contributed by atoms with Crippen molar-refractivity contribution in [1.29, 1.82) is 0 Å². The summed E-state index contributed by atoms with van der Waals surface area (Å²) in [7, 11) is 4.91. The zero-order chi connectivity index (χ0) is 28.7. The lowest BCUT2D eigenvalue weighted by Crippen LogP contribution is -2.46. The highest BCUT2D eigenvalue weighted by Crippen LogP contribution is 2.40. The predicted molar refractivity (Wildman–Crippen MR) is 146 cm³/mol. The number of aromatic nitrogens is 2. The van der Waals surface area contributed by atoms with E-state index < -0.39 is 23.8 Å². The Bertz CT molecular complexity index is 1280. The largest absolute Gasteiger partial charge is 0.497 e. The molecule has 40 heavy (non-hydrogen) atoms. The number of benzene rings is 2. The van der Waals surface area contributed by atoms with E-state index in [0.717, 1.165) is 11.1 Å². The molecule has 0 spiro atoms. The molecule has 1 heterocycles. The van der Waals surface area contributed by atoms with Gasteiger partial charge in [-0.15, -0.1) is 0 Å². The standard InChI is InChI=1S/C30H36F2N4O4/c1-35-20-33-18-26(35)28(29(38)34-17-22-6-11-25(40-3)12-7-22)36(19-23-14-15-30(31,32)16-23)27(37)13-8-21-4-9-24(39-2)10-5-21/h4-7,9-12,18,20,23,28H,8,13-17,19H2,1-3H3,(H,34,38). The summed E-state index contributed by atoms with van der Waals surface area (Å²) in [5.41, 5.74) is 2.29. The van der Waals surface area contributed by atoms with E-state index in [4.69, 9.17) is 9.47 Å². The number of alkyl halides is 2. The van der Waals surface area contributed by atoms with Crippen molar-refractivity contribution in [2.24, 2.45) is 13.0 Å². The summed E-state index contributed by atoms with van der Waals surface area (Å²) in [5.74, 6) is -2.45. The van der Waals surface area contributed by atoms with Crippen LogP contribution in [0.3, 0.4) is 0 Å². The van der Waals surface area contributed by atoms with Gasteiger partial charge in [-0.3, -0.25) is 9.59 Å². The Balaban J connectivity index is 1.57. The first-order valence-electron chi connectivity index (χ1n) is 13.4. The van der Waals surface area contributed by atoms with Crippen LogP contribution in [-0.2, 0) is 29.6 Å². The minimum atomic E-state index is -2.76. The van der Waals surface area contributed by atoms with E-state index in [2.05, 4.69) is 10.3 Å². The average Bonchev–Trinajstić information content (AvgIpc) is 3.54. The molecule has 0 aliphatic heterocycles. The van der Waals surface area contributed by atoms with Gasteiger partial charge in [0.2, 0.25) is 17.7 Å². The molecule has 2 amide bonds. The van der Waals surface area contributed by atoms with Gasteiger partial charge in [-0.1, -0.05) is 24.3 Å². The molecule has 1 aromatic heterocycles. The minimum absolute atomic E-state index is 0.0584. The molecule has 0 saturated heterocycles. The molecule has 1 fully saturated rings. The first kappa shape index (κ1) is 29.0. The summed E-state index contributed by atoms with van der Waals surface area (Å²) in [6.45, 7) is 0.287. The quantitative estimate of drug-likeness (QED) is 0.351. The van der Waals surface area contributed by atoms with Crippen LogP contribution in [0.5, 0.6) is 11.5 Å². The molecule has 10 heteroatoms. The number of nitrogens with one attached hydrogen (secondary N) is 1. The molecular weight excluding hydrogens is 518 g/mol. The SMILES string of the molecule is COc1ccc(CCC(=O)N(CC2CCC(F)(F)C2)C(C(=O)NCc2ccc(OC)cc2)c2cncn2C)cc1. The van der Waals surface area contributed by atoms with Crippen LogP contribution in [0.1, 0.15) is 48.5 Å². The monoisotopic (exact) mass is 554 g/mol. The fourth-order valence-electron chi connectivity index (χ4n) is 5.11. The molecule has 1 N–H and O–H groups in total. The lowest BCUT2D eigenvalue weighted by Gasteiger charge is -2.33. The van der Waals surface area contributed by atoms with Gasteiger partial charge in [0, 0.05) is 39.4 Å². The van der Waals surface area contributed by atoms with Crippen LogP contribution < -0.4 is 14.8 Å². The molecular formula is C30H36F2N4O4. The molecule has 214 valence electrons. The molecule has 0 radical (unpaired) electrons. The summed E-state index contributed by atoms with van der Waals surface area (Å²) in [5, 5.41) is 2.94. The Labute approximate surface area is 233 Å². The summed E-state index contributed by atoms with van der Waals surface area (Å²) in [6, 6.07) is 13.7. The maximum atomic E-state index is 14.1. The second-order valence-corrected chi connectivity index (χ2v) is 10.3. The predicted octanol–water partition coefficient (Wildman–Crippen LogP) is 4.69. The summed E-state index contributed by atoms with van der Waals surface area (Å²) >= 11 is 0. The number of nitrogens with zero attached hydrogens (tertiary/aromatic N) is 3. The van der Waals surface area contributed by atoms with Crippen LogP contribution >= 0.6 is 0 Å². The molecule has 0 bridgehead atoms. The number of aryl methyl sites for hydroxylation is 2. The first-order chi connectivity index (χ1) is 19.2. The number of hydrogen-bond acceptors (Lipinski definition) is 5. The highest BCUT2D eigenvalue weighted by molar-refractivity contribution is 5.88. The van der Waals surface area contributed by atoms with E-state index in [9.17, 15) is 18.4 Å². The zero-order valence-electron chi connectivity index (χ0n) is 23.1. The Morgan fingerprint density at radius 1 is 1.07 bits per heavy atom. The van der Waals surface area contributed by atoms with Crippen molar-refractivity contribution in [3.63, 3.8) is 0 Å². The van der Waals surface area contributed by atoms with Gasteiger partial charge in [0.25, 0.3) is 0 Å². The van der Waals surface area contributed by atoms with Gasteiger partial charge in [0.15, 0.2) is 6.04 Å². The van der Waals surface area contributed by atoms with Crippen molar-refractivity contribution >= 4 is 11.8 Å². The number of rotatable bonds is 12. The number of carbonyl (C=O) groups excluding carboxylic acids is 2. The number of carbonyl (C=O) groups is 2. The van der Waals surface area contributed by atoms with E-state index in [0.29, 0.717) is 30.0 Å². The van der Waals surface area contributed by atoms with Gasteiger partial charge in [-0.05, 0) is 54.2 Å². The highest BCUT2D eigenvalue weighted by atomic mass is 19.3. The highest BCUT2D eigenvalue weighted by Gasteiger charge is 2.42. The lowest BCUT2D eigenvalue weighted by atomic mass is 10.0. The molecule has 1 saturated carbocycles. The Kier molecular flexibility index (Phi) is 9.39. The van der Waals surface area contributed by atoms with Crippen molar-refractivity contribution in [2.75, 3.05) is 20.8 Å². The molecule has 2 unspecified atom stereocenters. The van der Waals surface area contributed by atoms with Crippen LogP contribution in [-0.4, -0.2) is 53.0 Å². The summed E-state index contributed by atoms with van der Waals surface area (Å²) in [4.78, 5) is 33.2. The van der Waals surface area contributed by atoms with Crippen molar-refractivity contribution in [2.45, 2.75) is 50.6 Å². The average molecular weight is 555 g/mol. The third-order valence-electron chi connectivity index (χ3n) is 7.39. The van der Waals surface area contributed by atoms with Gasteiger partial charge < -0.3 is 24.3 Å². The Morgan fingerprint density at radius 3 is 2.23 bits per heavy atom. The maximum absolute atomic E-state index is 14.1. The topological polar surface area (TPSA) is 85.7 Å². The van der Waals surface area contributed by atoms with Crippen LogP contribution in [0.4, 0.5) is 8.78 Å². The van der Waals surface area contributed by atoms with Gasteiger partial charge in [-0.2, -0.15) is 0 Å². The van der Waals surface area contributed by atoms with E-state index in [-0.39, 0.29) is 38.3 Å². The molecule has 8 nitrogen and oxygen atoms in total. The maximum Gasteiger partial charge on any atom is 0.249 e. The van der Waals surface area contributed by atoms with Gasteiger partial charge in [0.1, 0.15) is 11.5 Å². The molecule has 2 aromatic carbocycles. The Morgan fingerprint density at radius 2 is 1.70 bits per heavy atom. The normalized spacial score (nSPS) is 16.8. The second kappa shape index (κ2) is 12.9. The van der Waals surface area contributed by atoms with Gasteiger partial charge in [-0.25, -0.2) is 13.8 Å². The van der Waals surface area contributed by atoms with Crippen LogP contribution in [0.15, 0.2) is 61.1 Å². The molecule has 3 aromatic rings. The van der Waals surface area contributed by atoms with Crippen LogP contribution in [0, 0.1) is 5.92 Å². The summed E-state index contributed by atoms with van der Waals surface area (Å²) < 4.78 is 40.3. The fourth-order valence-corrected chi connectivity index (χ4v) is 5.11. The summed E-state index contributed by atoms with van der Waals surface area (Å²) in [6.07, 6.45) is 3.43. The molecule has 2 atom stereocenters. The number of imidazole rings is 1. The number of methoxy groups -OCH3 is 2. The fraction of sp³-hybridized carbons (Fsp3) is 0.433. The van der Waals surface area contributed by atoms with Gasteiger partial charge in [0.05, 0.1) is 32.4 Å². The lowest BCUT2D eigenvalue weighted by molar-refractivity contribution is -0.142. The third-order valence-corrected chi connectivity index (χ3v) is 7.39. The third kappa shape index (κ3) is 7.37. The van der Waals surface area contributed by atoms with E-state index >= 15 is 0 Å². The molecule has 4 rings (SSSR count). The number of hydrogen-bond donors (Lipinski definition) is 1. The Hall–Kier alpha value is -3.95. The van der Waals surface area contributed by atoms with Crippen molar-refractivity contribution in [3.05, 3.63) is 77.9 Å². The van der Waals surface area contributed by atoms with E-state index in [1.54, 1.807) is 50.5 Å². The number of ether oxygens (including phenoxy) is 2. The van der Waals surface area contributed by atoms with Crippen molar-refractivity contribution in [3.8, 4) is 11.5 Å². The van der Waals surface area contributed by atoms with Crippen molar-refractivity contribution in [1.82, 2.24) is 19.8 Å². The number of halogens is 2. The van der Waals surface area contributed by atoms with Crippen LogP contribution in [0.2, 0.25) is 0 Å². The smallest absolute Gasteiger partial charge is 0.249 e. The van der Waals surface area contributed by atoms with Crippen LogP contribution in [0.25, 0.3) is 0 Å². The zero-order valence-corrected chi connectivity index (χ0v) is 23.1. The molecule has 1 aliphatic rings. The van der Waals surface area contributed by atoms with E-state index in [1.165, 1.54) is 4.90 Å². The first-order valence-corrected chi connectivity index (χ1v) is 13.4. The molecule has 1 aliphatic carbocycles.